The molecule has 2 aliphatic heterocycles. The third kappa shape index (κ3) is 4.83. The Bertz CT molecular complexity index is 1290. The molecule has 4 N–H and O–H groups in total. The Hall–Kier alpha value is -3.00. The second kappa shape index (κ2) is 10.2. The van der Waals surface area contributed by atoms with Crippen LogP contribution in [0.1, 0.15) is 16.1 Å². The lowest BCUT2D eigenvalue weighted by atomic mass is 9.80. The summed E-state index contributed by atoms with van der Waals surface area (Å²) in [6, 6.07) is 4.53. The molecule has 0 saturated carbocycles. The summed E-state index contributed by atoms with van der Waals surface area (Å²) in [7, 11) is 0. The third-order valence-electron chi connectivity index (χ3n) is 6.07. The summed E-state index contributed by atoms with van der Waals surface area (Å²) in [6.45, 7) is 0.694. The molecule has 2 aromatic heterocycles. The Labute approximate surface area is 213 Å². The fourth-order valence-electron chi connectivity index (χ4n) is 4.51. The minimum atomic E-state index is -1.12. The molecule has 2 fully saturated rings. The van der Waals surface area contributed by atoms with Gasteiger partial charge in [-0.15, -0.1) is 24.2 Å². The van der Waals surface area contributed by atoms with Crippen LogP contribution in [0, 0.1) is 29.2 Å². The quantitative estimate of drug-likeness (QED) is 0.433. The van der Waals surface area contributed by atoms with E-state index in [2.05, 4.69) is 25.6 Å². The monoisotopic (exact) mass is 541 g/mol. The number of thioether (sulfide) groups is 1. The van der Waals surface area contributed by atoms with Crippen LogP contribution >= 0.6 is 24.2 Å². The minimum Gasteiger partial charge on any atom is -0.338 e. The summed E-state index contributed by atoms with van der Waals surface area (Å²) in [5, 5.41) is 5.78. The van der Waals surface area contributed by atoms with Crippen LogP contribution in [0.25, 0.3) is 0 Å². The van der Waals surface area contributed by atoms with Crippen molar-refractivity contribution in [1.29, 1.82) is 0 Å². The molecular weight excluding hydrogens is 522 g/mol. The Morgan fingerprint density at radius 2 is 1.81 bits per heavy atom. The molecule has 2 saturated heterocycles. The molecule has 0 spiro atoms. The summed E-state index contributed by atoms with van der Waals surface area (Å²) < 4.78 is 55.7. The van der Waals surface area contributed by atoms with Gasteiger partial charge in [-0.2, -0.15) is 0 Å². The van der Waals surface area contributed by atoms with Gasteiger partial charge >= 0.3 is 0 Å². The van der Waals surface area contributed by atoms with E-state index in [0.29, 0.717) is 24.3 Å². The van der Waals surface area contributed by atoms with E-state index in [9.17, 15) is 18.0 Å². The number of aromatic nitrogens is 3. The van der Waals surface area contributed by atoms with Crippen molar-refractivity contribution in [3.63, 3.8) is 0 Å². The van der Waals surface area contributed by atoms with E-state index in [1.807, 2.05) is 4.90 Å². The lowest BCUT2D eigenvalue weighted by Gasteiger charge is -2.42. The maximum atomic E-state index is 15.3. The molecule has 0 aliphatic carbocycles. The van der Waals surface area contributed by atoms with E-state index in [1.54, 1.807) is 0 Å². The minimum absolute atomic E-state index is 0. The summed E-state index contributed by atoms with van der Waals surface area (Å²) in [5.41, 5.74) is 4.55. The van der Waals surface area contributed by atoms with Crippen molar-refractivity contribution in [3.8, 4) is 0 Å². The van der Waals surface area contributed by atoms with Crippen molar-refractivity contribution in [2.24, 2.45) is 11.7 Å². The van der Waals surface area contributed by atoms with Gasteiger partial charge in [-0.05, 0) is 18.2 Å². The molecule has 3 atom stereocenters. The average molecular weight is 542 g/mol. The molecule has 8 nitrogen and oxygen atoms in total. The molecule has 190 valence electrons. The first-order chi connectivity index (χ1) is 16.7. The highest BCUT2D eigenvalue weighted by molar-refractivity contribution is 7.99. The highest BCUT2D eigenvalue weighted by atomic mass is 35.5. The zero-order valence-corrected chi connectivity index (χ0v) is 20.1. The van der Waals surface area contributed by atoms with Crippen molar-refractivity contribution in [1.82, 2.24) is 20.3 Å². The van der Waals surface area contributed by atoms with Crippen LogP contribution in [0.2, 0.25) is 0 Å². The highest BCUT2D eigenvalue weighted by Crippen LogP contribution is 2.45. The largest absolute Gasteiger partial charge is 0.338 e. The number of anilines is 2. The number of halogens is 5. The van der Waals surface area contributed by atoms with Crippen LogP contribution in [-0.4, -0.2) is 45.2 Å². The number of carbonyl (C=O) groups excluding carboxylic acids is 1. The molecule has 2 aliphatic rings. The van der Waals surface area contributed by atoms with Gasteiger partial charge in [-0.1, -0.05) is 0 Å². The van der Waals surface area contributed by atoms with Crippen molar-refractivity contribution in [2.45, 2.75) is 11.0 Å². The maximum absolute atomic E-state index is 15.3. The molecule has 0 radical (unpaired) electrons. The van der Waals surface area contributed by atoms with E-state index >= 15 is 4.39 Å². The standard InChI is InChI=1S/C22H19F4N7OS.ClH/c23-12-3-17(26)18(28-5-12)19(34)31-14-1-2-16(25)15(4-14)22-10-33(21-29-6-13(24)7-30-21)8-11(22)9-35-20(27)32-22;/h1-7,11,20,32H,8-10,27H2,(H,31,34);1H/t11-,20?,22-;/m0./s1. The molecule has 36 heavy (non-hydrogen) atoms. The third-order valence-corrected chi connectivity index (χ3v) is 7.14. The average Bonchev–Trinajstić information content (AvgIpc) is 3.20. The van der Waals surface area contributed by atoms with Crippen molar-refractivity contribution in [3.05, 3.63) is 77.4 Å². The summed E-state index contributed by atoms with van der Waals surface area (Å²) in [5.74, 6) is -3.28. The van der Waals surface area contributed by atoms with Crippen LogP contribution < -0.4 is 21.3 Å². The summed E-state index contributed by atoms with van der Waals surface area (Å²) >= 11 is 1.47. The van der Waals surface area contributed by atoms with Gasteiger partial charge in [0.1, 0.15) is 17.1 Å². The number of nitrogens with one attached hydrogen (secondary N) is 2. The van der Waals surface area contributed by atoms with Gasteiger partial charge in [0.25, 0.3) is 5.91 Å². The first-order valence-electron chi connectivity index (χ1n) is 10.5. The second-order valence-corrected chi connectivity index (χ2v) is 9.46. The second-order valence-electron chi connectivity index (χ2n) is 8.28. The molecule has 4 heterocycles. The van der Waals surface area contributed by atoms with E-state index < -0.39 is 45.9 Å². The number of benzene rings is 1. The van der Waals surface area contributed by atoms with Gasteiger partial charge in [0.15, 0.2) is 17.3 Å². The maximum Gasteiger partial charge on any atom is 0.277 e. The van der Waals surface area contributed by atoms with Gasteiger partial charge in [-0.3, -0.25) is 10.1 Å². The van der Waals surface area contributed by atoms with Crippen LogP contribution in [0.15, 0.2) is 42.9 Å². The number of nitrogens with two attached hydrogens (primary N) is 1. The van der Waals surface area contributed by atoms with Crippen LogP contribution in [0.5, 0.6) is 0 Å². The Morgan fingerprint density at radius 1 is 1.08 bits per heavy atom. The zero-order chi connectivity index (χ0) is 24.7. The molecule has 1 amide bonds. The van der Waals surface area contributed by atoms with Gasteiger partial charge < -0.3 is 16.0 Å². The highest BCUT2D eigenvalue weighted by Gasteiger charge is 2.52. The molecule has 1 aromatic carbocycles. The molecule has 5 rings (SSSR count). The molecular formula is C22H20ClF4N7OS. The number of carbonyl (C=O) groups is 1. The van der Waals surface area contributed by atoms with E-state index in [-0.39, 0.29) is 36.1 Å². The van der Waals surface area contributed by atoms with Gasteiger partial charge in [0.05, 0.1) is 24.1 Å². The number of amides is 1. The zero-order valence-electron chi connectivity index (χ0n) is 18.4. The lowest BCUT2D eigenvalue weighted by Crippen LogP contribution is -2.59. The van der Waals surface area contributed by atoms with Crippen LogP contribution in [-0.2, 0) is 5.54 Å². The Kier molecular flexibility index (Phi) is 7.36. The fourth-order valence-corrected chi connectivity index (χ4v) is 5.63. The van der Waals surface area contributed by atoms with Gasteiger partial charge in [-0.25, -0.2) is 32.5 Å². The normalized spacial score (nSPS) is 23.1. The lowest BCUT2D eigenvalue weighted by molar-refractivity contribution is 0.101. The van der Waals surface area contributed by atoms with Gasteiger partial charge in [0, 0.05) is 42.1 Å². The van der Waals surface area contributed by atoms with Crippen LogP contribution in [0.3, 0.4) is 0 Å². The number of hydrogen-bond acceptors (Lipinski definition) is 8. The van der Waals surface area contributed by atoms with Crippen LogP contribution in [0.4, 0.5) is 29.2 Å². The molecule has 1 unspecified atom stereocenters. The van der Waals surface area contributed by atoms with E-state index in [0.717, 1.165) is 18.6 Å². The van der Waals surface area contributed by atoms with Crippen molar-refractivity contribution < 1.29 is 22.4 Å². The molecule has 3 aromatic rings. The summed E-state index contributed by atoms with van der Waals surface area (Å²) in [4.78, 5) is 25.9. The SMILES string of the molecule is Cl.NC1N[C@@]2(c3cc(NC(=O)c4ncc(F)cc4F)ccc3F)CN(c3ncc(F)cn3)C[C@H]2CS1. The Morgan fingerprint density at radius 3 is 2.53 bits per heavy atom. The van der Waals surface area contributed by atoms with Crippen molar-refractivity contribution in [2.75, 3.05) is 29.1 Å². The molecule has 0 bridgehead atoms. The topological polar surface area (TPSA) is 109 Å². The number of rotatable bonds is 4. The Balaban J connectivity index is 0.00000304. The first kappa shape index (κ1) is 26.1. The smallest absolute Gasteiger partial charge is 0.277 e. The number of hydrogen-bond donors (Lipinski definition) is 3. The van der Waals surface area contributed by atoms with Gasteiger partial charge in [0.2, 0.25) is 5.95 Å². The predicted molar refractivity (Wildman–Crippen MR) is 129 cm³/mol. The number of fused-ring (bicyclic) bond motifs is 1. The van der Waals surface area contributed by atoms with E-state index in [4.69, 9.17) is 5.73 Å². The fraction of sp³-hybridized carbons (Fsp3) is 0.273. The predicted octanol–water partition coefficient (Wildman–Crippen LogP) is 3.01. The number of nitrogens with zero attached hydrogens (tertiary/aromatic N) is 4. The van der Waals surface area contributed by atoms with E-state index in [1.165, 1.54) is 30.0 Å². The van der Waals surface area contributed by atoms with Crippen molar-refractivity contribution >= 4 is 41.7 Å². The number of pyridine rings is 1. The summed E-state index contributed by atoms with van der Waals surface area (Å²) in [6.07, 6.45) is 2.85. The molecule has 14 heteroatoms. The first-order valence-corrected chi connectivity index (χ1v) is 11.6.